The molecule has 2 aromatic heterocycles. The van der Waals surface area contributed by atoms with Crippen molar-refractivity contribution in [2.45, 2.75) is 18.8 Å². The van der Waals surface area contributed by atoms with Gasteiger partial charge in [0, 0.05) is 23.2 Å². The first-order valence-electron chi connectivity index (χ1n) is 5.24. The molecule has 82 valence electrons. The normalized spacial score (nSPS) is 14.4. The number of aromatic nitrogens is 2. The third-order valence-corrected chi connectivity index (χ3v) is 2.81. The topological polar surface area (TPSA) is 63.1 Å². The zero-order valence-corrected chi connectivity index (χ0v) is 11.6. The van der Waals surface area contributed by atoms with Gasteiger partial charge in [-0.25, -0.2) is 14.8 Å². The summed E-state index contributed by atoms with van der Waals surface area (Å²) in [7, 11) is 0. The van der Waals surface area contributed by atoms with Gasteiger partial charge in [0.2, 0.25) is 0 Å². The van der Waals surface area contributed by atoms with Crippen LogP contribution in [0.25, 0.3) is 11.0 Å². The third kappa shape index (κ3) is 2.49. The number of hydrogen-bond donors (Lipinski definition) is 1. The average Bonchev–Trinajstić information content (AvgIpc) is 3.11. The maximum absolute atomic E-state index is 10.8. The van der Waals surface area contributed by atoms with Gasteiger partial charge in [0.1, 0.15) is 0 Å². The maximum Gasteiger partial charge on any atom is 1.00 e. The number of hydrogen-bond acceptors (Lipinski definition) is 3. The van der Waals surface area contributed by atoms with E-state index in [9.17, 15) is 4.79 Å². The third-order valence-electron chi connectivity index (χ3n) is 2.81. The predicted molar refractivity (Wildman–Crippen MR) is 59.6 cm³/mol. The second kappa shape index (κ2) is 4.72. The molecular weight excluding hydrogens is 227 g/mol. The molecule has 0 saturated heterocycles. The fourth-order valence-electron chi connectivity index (χ4n) is 1.75. The van der Waals surface area contributed by atoms with E-state index >= 15 is 0 Å². The molecule has 1 fully saturated rings. The molecule has 0 aromatic carbocycles. The smallest absolute Gasteiger partial charge is 1.00 e. The van der Waals surface area contributed by atoms with Gasteiger partial charge in [-0.05, 0) is 31.0 Å². The van der Waals surface area contributed by atoms with E-state index in [0.717, 1.165) is 11.1 Å². The Morgan fingerprint density at radius 2 is 2.18 bits per heavy atom. The summed E-state index contributed by atoms with van der Waals surface area (Å²) in [5, 5.41) is 9.62. The van der Waals surface area contributed by atoms with Crippen LogP contribution in [0.1, 0.15) is 36.2 Å². The molecule has 0 aliphatic heterocycles. The number of nitrogens with zero attached hydrogens (tertiary/aromatic N) is 2. The Balaban J connectivity index is 0.000000810. The molecule has 0 unspecified atom stereocenters. The van der Waals surface area contributed by atoms with Crippen LogP contribution in [0.5, 0.6) is 0 Å². The summed E-state index contributed by atoms with van der Waals surface area (Å²) < 4.78 is 0. The molecule has 4 nitrogen and oxygen atoms in total. The number of carboxylic acids is 1. The van der Waals surface area contributed by atoms with Gasteiger partial charge >= 0.3 is 35.5 Å². The summed E-state index contributed by atoms with van der Waals surface area (Å²) in [5.41, 5.74) is 1.91. The van der Waals surface area contributed by atoms with Crippen LogP contribution in [-0.2, 0) is 0 Å². The van der Waals surface area contributed by atoms with Crippen molar-refractivity contribution in [2.24, 2.45) is 0 Å². The van der Waals surface area contributed by atoms with Crippen LogP contribution in [0.4, 0.5) is 0 Å². The molecule has 0 atom stereocenters. The van der Waals surface area contributed by atoms with Crippen molar-refractivity contribution in [3.05, 3.63) is 35.7 Å². The van der Waals surface area contributed by atoms with Crippen LogP contribution in [0, 0.1) is 0 Å². The summed E-state index contributed by atoms with van der Waals surface area (Å²) >= 11 is 0. The second-order valence-electron chi connectivity index (χ2n) is 4.09. The van der Waals surface area contributed by atoms with Crippen LogP contribution in [0.2, 0.25) is 0 Å². The van der Waals surface area contributed by atoms with Gasteiger partial charge in [-0.3, -0.25) is 0 Å². The molecule has 0 amide bonds. The Morgan fingerprint density at radius 3 is 2.82 bits per heavy atom. The molecule has 1 N–H and O–H groups in total. The molecule has 0 bridgehead atoms. The fraction of sp³-hybridized carbons (Fsp3) is 0.250. The molecule has 3 rings (SSSR count). The first-order chi connectivity index (χ1) is 7.74. The van der Waals surface area contributed by atoms with Gasteiger partial charge in [0.25, 0.3) is 0 Å². The minimum absolute atomic E-state index is 0. The summed E-state index contributed by atoms with van der Waals surface area (Å²) in [6, 6.07) is 5.47. The van der Waals surface area contributed by atoms with Gasteiger partial charge in [0.05, 0.1) is 5.56 Å². The van der Waals surface area contributed by atoms with Crippen LogP contribution < -0.4 is 29.6 Å². The van der Waals surface area contributed by atoms with E-state index in [2.05, 4.69) is 9.97 Å². The number of pyridine rings is 2. The zero-order chi connectivity index (χ0) is 11.1. The summed E-state index contributed by atoms with van der Waals surface area (Å²) in [6.45, 7) is 0. The van der Waals surface area contributed by atoms with Crippen molar-refractivity contribution in [1.29, 1.82) is 0 Å². The molecule has 1 aliphatic carbocycles. The van der Waals surface area contributed by atoms with Gasteiger partial charge in [-0.2, -0.15) is 0 Å². The van der Waals surface area contributed by atoms with E-state index in [-0.39, 0.29) is 36.5 Å². The van der Waals surface area contributed by atoms with Gasteiger partial charge in [-0.15, -0.1) is 0 Å². The molecule has 0 spiro atoms. The van der Waals surface area contributed by atoms with E-state index in [1.165, 1.54) is 19.0 Å². The van der Waals surface area contributed by atoms with Crippen molar-refractivity contribution in [3.63, 3.8) is 0 Å². The van der Waals surface area contributed by atoms with Crippen molar-refractivity contribution in [3.8, 4) is 0 Å². The van der Waals surface area contributed by atoms with E-state index in [1.54, 1.807) is 6.07 Å². The Hall–Kier alpha value is -0.970. The minimum atomic E-state index is -0.958. The zero-order valence-electron chi connectivity index (χ0n) is 10.6. The quantitative estimate of drug-likeness (QED) is 0.704. The molecule has 1 aliphatic rings. The number of carbonyl (C=O) groups is 1. The maximum atomic E-state index is 10.8. The van der Waals surface area contributed by atoms with E-state index < -0.39 is 5.97 Å². The monoisotopic (exact) mass is 238 g/mol. The van der Waals surface area contributed by atoms with Gasteiger partial charge in [0.15, 0.2) is 5.65 Å². The molecule has 2 aromatic rings. The van der Waals surface area contributed by atoms with Gasteiger partial charge < -0.3 is 6.53 Å². The number of rotatable bonds is 2. The van der Waals surface area contributed by atoms with E-state index in [1.807, 2.05) is 12.1 Å². The van der Waals surface area contributed by atoms with Crippen LogP contribution >= 0.6 is 0 Å². The average molecular weight is 238 g/mol. The molecule has 2 heterocycles. The van der Waals surface area contributed by atoms with E-state index in [4.69, 9.17) is 5.11 Å². The molecule has 17 heavy (non-hydrogen) atoms. The number of carboxylic acid groups (broad SMARTS) is 1. The minimum Gasteiger partial charge on any atom is -1.00 e. The molecular formula is C12H11N2NaO2. The largest absolute Gasteiger partial charge is 1.00 e. The summed E-state index contributed by atoms with van der Waals surface area (Å²) in [6.07, 6.45) is 3.76. The van der Waals surface area contributed by atoms with Crippen molar-refractivity contribution < 1.29 is 40.9 Å². The number of aromatic carboxylic acids is 1. The fourth-order valence-corrected chi connectivity index (χ4v) is 1.75. The first-order valence-corrected chi connectivity index (χ1v) is 5.24. The summed E-state index contributed by atoms with van der Waals surface area (Å²) in [5.74, 6) is -0.369. The summed E-state index contributed by atoms with van der Waals surface area (Å²) in [4.78, 5) is 19.3. The van der Waals surface area contributed by atoms with Crippen molar-refractivity contribution in [1.82, 2.24) is 9.97 Å². The van der Waals surface area contributed by atoms with Crippen LogP contribution in [-0.4, -0.2) is 21.0 Å². The Labute approximate surface area is 122 Å². The molecule has 0 radical (unpaired) electrons. The van der Waals surface area contributed by atoms with E-state index in [0.29, 0.717) is 11.6 Å². The molecule has 1 saturated carbocycles. The predicted octanol–water partition coefficient (Wildman–Crippen LogP) is -0.678. The van der Waals surface area contributed by atoms with Crippen LogP contribution in [0.15, 0.2) is 24.4 Å². The SMILES string of the molecule is O=C(O)c1cnc2nc(C3CC3)ccc2c1.[H-].[Na+]. The van der Waals surface area contributed by atoms with Crippen LogP contribution in [0.3, 0.4) is 0 Å². The second-order valence-corrected chi connectivity index (χ2v) is 4.09. The van der Waals surface area contributed by atoms with Crippen molar-refractivity contribution >= 4 is 17.0 Å². The van der Waals surface area contributed by atoms with Crippen molar-refractivity contribution in [2.75, 3.05) is 0 Å². The Morgan fingerprint density at radius 1 is 1.41 bits per heavy atom. The Bertz CT molecular complexity index is 587. The standard InChI is InChI=1S/C12H10N2O2.Na.H/c15-12(16)9-5-8-3-4-10(7-1-2-7)14-11(8)13-6-9;;/h3-7H,1-2H2,(H,15,16);;/q;+1;-1. The number of fused-ring (bicyclic) bond motifs is 1. The Kier molecular flexibility index (Phi) is 3.47. The van der Waals surface area contributed by atoms with Gasteiger partial charge in [-0.1, -0.05) is 0 Å². The first kappa shape index (κ1) is 12.5. The molecule has 5 heteroatoms.